The third-order valence-electron chi connectivity index (χ3n) is 1.96. The smallest absolute Gasteiger partial charge is 0.399 e. The molecule has 0 aliphatic carbocycles. The number of halogens is 7. The molecule has 0 bridgehead atoms. The van der Waals surface area contributed by atoms with Crippen LogP contribution in [0.25, 0.3) is 0 Å². The summed E-state index contributed by atoms with van der Waals surface area (Å²) in [6.45, 7) is 0. The van der Waals surface area contributed by atoms with Crippen molar-refractivity contribution in [2.45, 2.75) is 12.4 Å². The molecule has 0 amide bonds. The molecule has 0 atom stereocenters. The number of hydrogen-bond acceptors (Lipinski definition) is 2. The Bertz CT molecular complexity index is 493. The Morgan fingerprint density at radius 2 is 1.56 bits per heavy atom. The van der Waals surface area contributed by atoms with Crippen molar-refractivity contribution in [1.82, 2.24) is 0 Å². The summed E-state index contributed by atoms with van der Waals surface area (Å²) in [5.74, 6) is 0. The van der Waals surface area contributed by atoms with Gasteiger partial charge < -0.3 is 5.73 Å². The van der Waals surface area contributed by atoms with E-state index in [1.54, 1.807) is 0 Å². The second-order valence-electron chi connectivity index (χ2n) is 3.26. The number of benzene rings is 1. The molecule has 0 aromatic heterocycles. The van der Waals surface area contributed by atoms with E-state index in [-0.39, 0.29) is 6.07 Å². The fourth-order valence-electron chi connectivity index (χ4n) is 1.35. The molecule has 0 saturated carbocycles. The van der Waals surface area contributed by atoms with Crippen molar-refractivity contribution in [3.05, 3.63) is 28.8 Å². The van der Waals surface area contributed by atoms with E-state index in [9.17, 15) is 31.1 Å². The lowest BCUT2D eigenvalue weighted by molar-refractivity contribution is -0.162. The Morgan fingerprint density at radius 1 is 1.06 bits per heavy atom. The largest absolute Gasteiger partial charge is 0.417 e. The van der Waals surface area contributed by atoms with Crippen molar-refractivity contribution in [2.24, 2.45) is 0 Å². The Morgan fingerprint density at radius 3 is 1.89 bits per heavy atom. The minimum absolute atomic E-state index is 0.103. The van der Waals surface area contributed by atoms with Crippen molar-refractivity contribution < 1.29 is 31.1 Å². The number of hydrogen-bond donors (Lipinski definition) is 1. The molecule has 0 heterocycles. The molecule has 100 valence electrons. The summed E-state index contributed by atoms with van der Waals surface area (Å²) in [5, 5.41) is -1.67. The lowest BCUT2D eigenvalue weighted by Crippen LogP contribution is -2.20. The molecule has 9 heteroatoms. The molecule has 0 aliphatic rings. The van der Waals surface area contributed by atoms with Crippen LogP contribution in [-0.2, 0) is 12.4 Å². The number of anilines is 1. The summed E-state index contributed by atoms with van der Waals surface area (Å²) in [7, 11) is 0. The molecule has 0 unspecified atom stereocenters. The fraction of sp³-hybridized carbons (Fsp3) is 0.222. The van der Waals surface area contributed by atoms with Crippen LogP contribution in [-0.4, -0.2) is 5.24 Å². The first-order valence-corrected chi connectivity index (χ1v) is 4.60. The predicted octanol–water partition coefficient (Wildman–Crippen LogP) is 3.69. The number of carbonyl (C=O) groups excluding carboxylic acids is 1. The highest BCUT2D eigenvalue weighted by Crippen LogP contribution is 2.43. The summed E-state index contributed by atoms with van der Waals surface area (Å²) in [6, 6.07) is 0.555. The average Bonchev–Trinajstić information content (AvgIpc) is 2.12. The molecule has 0 fully saturated rings. The summed E-state index contributed by atoms with van der Waals surface area (Å²) in [5.41, 5.74) is -1.11. The van der Waals surface area contributed by atoms with Crippen molar-refractivity contribution >= 4 is 22.5 Å². The quantitative estimate of drug-likeness (QED) is 0.487. The molecule has 1 rings (SSSR count). The van der Waals surface area contributed by atoms with E-state index in [4.69, 9.17) is 17.3 Å². The molecule has 0 saturated heterocycles. The van der Waals surface area contributed by atoms with Crippen LogP contribution in [0.1, 0.15) is 21.5 Å². The first-order chi connectivity index (χ1) is 7.94. The van der Waals surface area contributed by atoms with Crippen molar-refractivity contribution in [2.75, 3.05) is 5.73 Å². The van der Waals surface area contributed by atoms with E-state index in [2.05, 4.69) is 0 Å². The molecule has 2 N–H and O–H groups in total. The first-order valence-electron chi connectivity index (χ1n) is 4.22. The topological polar surface area (TPSA) is 43.1 Å². The van der Waals surface area contributed by atoms with Crippen LogP contribution >= 0.6 is 11.6 Å². The lowest BCUT2D eigenvalue weighted by Gasteiger charge is -2.18. The number of nitrogens with two attached hydrogens (primary N) is 1. The van der Waals surface area contributed by atoms with Gasteiger partial charge in [-0.1, -0.05) is 0 Å². The Kier molecular flexibility index (Phi) is 3.53. The first kappa shape index (κ1) is 14.6. The molecular weight excluding hydrogens is 288 g/mol. The molecule has 0 spiro atoms. The van der Waals surface area contributed by atoms with Crippen LogP contribution in [0.3, 0.4) is 0 Å². The molecular formula is C9H4ClF6NO. The maximum Gasteiger partial charge on any atom is 0.417 e. The molecule has 0 aliphatic heterocycles. The van der Waals surface area contributed by atoms with Gasteiger partial charge in [-0.2, -0.15) is 26.3 Å². The van der Waals surface area contributed by atoms with Crippen LogP contribution in [0.5, 0.6) is 0 Å². The molecule has 0 radical (unpaired) electrons. The summed E-state index contributed by atoms with van der Waals surface area (Å²) in [6.07, 6.45) is -10.7. The van der Waals surface area contributed by atoms with E-state index < -0.39 is 40.0 Å². The Balaban J connectivity index is 3.76. The van der Waals surface area contributed by atoms with Gasteiger partial charge in [0, 0.05) is 11.3 Å². The molecule has 2 nitrogen and oxygen atoms in total. The van der Waals surface area contributed by atoms with Crippen LogP contribution in [0, 0.1) is 0 Å². The normalized spacial score (nSPS) is 12.6. The van der Waals surface area contributed by atoms with Gasteiger partial charge in [0.2, 0.25) is 0 Å². The minimum atomic E-state index is -5.38. The zero-order valence-corrected chi connectivity index (χ0v) is 9.04. The monoisotopic (exact) mass is 291 g/mol. The maximum absolute atomic E-state index is 12.6. The highest BCUT2D eigenvalue weighted by atomic mass is 35.5. The molecule has 18 heavy (non-hydrogen) atoms. The second-order valence-corrected chi connectivity index (χ2v) is 3.60. The zero-order valence-electron chi connectivity index (χ0n) is 8.29. The van der Waals surface area contributed by atoms with Gasteiger partial charge in [0.1, 0.15) is 0 Å². The van der Waals surface area contributed by atoms with Gasteiger partial charge in [0.05, 0.1) is 11.1 Å². The Labute approximate surface area is 101 Å². The van der Waals surface area contributed by atoms with Gasteiger partial charge >= 0.3 is 12.4 Å². The van der Waals surface area contributed by atoms with Crippen LogP contribution < -0.4 is 5.73 Å². The van der Waals surface area contributed by atoms with Crippen molar-refractivity contribution in [1.29, 1.82) is 0 Å². The predicted molar refractivity (Wildman–Crippen MR) is 51.0 cm³/mol. The van der Waals surface area contributed by atoms with Gasteiger partial charge in [-0.3, -0.25) is 4.79 Å². The summed E-state index contributed by atoms with van der Waals surface area (Å²) >= 11 is 4.85. The number of carbonyl (C=O) groups is 1. The standard InChI is InChI=1S/C9H4ClF6NO/c10-7(18)4-1-3(17)2-5(8(11,12)13)6(4)9(14,15)16/h1-2H,17H2. The third-order valence-corrected chi connectivity index (χ3v) is 2.16. The van der Waals surface area contributed by atoms with Crippen molar-refractivity contribution in [3.8, 4) is 0 Å². The van der Waals surface area contributed by atoms with E-state index in [0.29, 0.717) is 6.07 Å². The highest BCUT2D eigenvalue weighted by molar-refractivity contribution is 6.68. The van der Waals surface area contributed by atoms with Gasteiger partial charge in [-0.05, 0) is 23.7 Å². The summed E-state index contributed by atoms with van der Waals surface area (Å²) < 4.78 is 75.2. The van der Waals surface area contributed by atoms with Crippen LogP contribution in [0.2, 0.25) is 0 Å². The molecule has 1 aromatic rings. The van der Waals surface area contributed by atoms with Gasteiger partial charge in [0.25, 0.3) is 5.24 Å². The SMILES string of the molecule is Nc1cc(C(=O)Cl)c(C(F)(F)F)c(C(F)(F)F)c1. The number of nitrogen functional groups attached to an aromatic ring is 1. The lowest BCUT2D eigenvalue weighted by atomic mass is 9.99. The van der Waals surface area contributed by atoms with E-state index in [1.807, 2.05) is 0 Å². The number of alkyl halides is 6. The van der Waals surface area contributed by atoms with Gasteiger partial charge in [-0.25, -0.2) is 0 Å². The van der Waals surface area contributed by atoms with Crippen LogP contribution in [0.15, 0.2) is 12.1 Å². The van der Waals surface area contributed by atoms with Crippen LogP contribution in [0.4, 0.5) is 32.0 Å². The molecule has 1 aromatic carbocycles. The van der Waals surface area contributed by atoms with Gasteiger partial charge in [0.15, 0.2) is 0 Å². The number of rotatable bonds is 1. The zero-order chi connectivity index (χ0) is 14.3. The fourth-order valence-corrected chi connectivity index (χ4v) is 1.50. The maximum atomic E-state index is 12.6. The van der Waals surface area contributed by atoms with E-state index in [0.717, 1.165) is 0 Å². The average molecular weight is 292 g/mol. The Hall–Kier alpha value is -1.44. The second kappa shape index (κ2) is 4.34. The van der Waals surface area contributed by atoms with Gasteiger partial charge in [-0.15, -0.1) is 0 Å². The minimum Gasteiger partial charge on any atom is -0.399 e. The summed E-state index contributed by atoms with van der Waals surface area (Å²) in [4.78, 5) is 10.8. The van der Waals surface area contributed by atoms with Crippen molar-refractivity contribution in [3.63, 3.8) is 0 Å². The van der Waals surface area contributed by atoms with E-state index in [1.165, 1.54) is 0 Å². The third kappa shape index (κ3) is 2.87. The highest BCUT2D eigenvalue weighted by Gasteiger charge is 2.46. The van der Waals surface area contributed by atoms with E-state index >= 15 is 0 Å².